The Morgan fingerprint density at radius 1 is 1.06 bits per heavy atom. The Morgan fingerprint density at radius 2 is 1.90 bits per heavy atom. The first kappa shape index (κ1) is 19.2. The summed E-state index contributed by atoms with van der Waals surface area (Å²) in [7, 11) is 0. The molecule has 0 radical (unpaired) electrons. The van der Waals surface area contributed by atoms with Crippen LogP contribution in [0.2, 0.25) is 0 Å². The molecule has 2 heterocycles. The third-order valence-electron chi connectivity index (χ3n) is 5.56. The molecule has 5 rings (SSSR count). The van der Waals surface area contributed by atoms with Crippen LogP contribution in [0.5, 0.6) is 0 Å². The second-order valence-electron chi connectivity index (χ2n) is 7.73. The van der Waals surface area contributed by atoms with Crippen LogP contribution < -0.4 is 5.32 Å². The van der Waals surface area contributed by atoms with Crippen molar-refractivity contribution in [2.24, 2.45) is 0 Å². The average molecular weight is 415 g/mol. The van der Waals surface area contributed by atoms with E-state index < -0.39 is 0 Å². The fourth-order valence-corrected chi connectivity index (χ4v) is 4.10. The molecule has 4 aromatic rings. The number of hydrogen-bond acceptors (Lipinski definition) is 3. The number of benzene rings is 2. The predicted octanol–water partition coefficient (Wildman–Crippen LogP) is 4.39. The quantitative estimate of drug-likeness (QED) is 0.526. The van der Waals surface area contributed by atoms with Crippen molar-refractivity contribution in [1.82, 2.24) is 19.6 Å². The molecule has 0 bridgehead atoms. The Balaban J connectivity index is 1.42. The largest absolute Gasteiger partial charge is 0.321 e. The average Bonchev–Trinajstić information content (AvgIpc) is 3.43. The minimum atomic E-state index is -0.294. The first-order chi connectivity index (χ1) is 15.2. The lowest BCUT2D eigenvalue weighted by molar-refractivity contribution is 0.102. The molecule has 0 atom stereocenters. The van der Waals surface area contributed by atoms with Crippen molar-refractivity contribution in [1.29, 1.82) is 0 Å². The Morgan fingerprint density at radius 3 is 2.71 bits per heavy atom. The maximum atomic E-state index is 13.4. The zero-order valence-corrected chi connectivity index (χ0v) is 17.0. The van der Waals surface area contributed by atoms with Crippen molar-refractivity contribution in [2.45, 2.75) is 32.2 Å². The lowest BCUT2D eigenvalue weighted by Gasteiger charge is -2.14. The van der Waals surface area contributed by atoms with E-state index in [0.717, 1.165) is 53.9 Å². The summed E-state index contributed by atoms with van der Waals surface area (Å²) in [4.78, 5) is 13.1. The summed E-state index contributed by atoms with van der Waals surface area (Å²) >= 11 is 0. The molecule has 1 aliphatic rings. The standard InChI is InChI=1S/C24H22FN5O/c25-18-9-11-20(12-10-18)30-22-8-2-1-7-21(22)23(28-30)24(31)27-19-6-3-5-17(15-19)16-29-14-4-13-26-29/h3-6,9-15H,1-2,7-8,16H2,(H,27,31). The van der Waals surface area contributed by atoms with Gasteiger partial charge in [-0.2, -0.15) is 10.2 Å². The Hall–Kier alpha value is -3.74. The highest BCUT2D eigenvalue weighted by Crippen LogP contribution is 2.28. The summed E-state index contributed by atoms with van der Waals surface area (Å²) in [6, 6.07) is 15.8. The summed E-state index contributed by atoms with van der Waals surface area (Å²) in [5.41, 5.74) is 4.99. The van der Waals surface area contributed by atoms with Gasteiger partial charge in [0.15, 0.2) is 5.69 Å². The molecule has 1 N–H and O–H groups in total. The van der Waals surface area contributed by atoms with Gasteiger partial charge in [0.2, 0.25) is 0 Å². The number of halogens is 1. The molecule has 31 heavy (non-hydrogen) atoms. The van der Waals surface area contributed by atoms with Crippen molar-refractivity contribution >= 4 is 11.6 Å². The fraction of sp³-hybridized carbons (Fsp3) is 0.208. The van der Waals surface area contributed by atoms with Gasteiger partial charge < -0.3 is 5.32 Å². The van der Waals surface area contributed by atoms with Crippen LogP contribution in [-0.4, -0.2) is 25.5 Å². The predicted molar refractivity (Wildman–Crippen MR) is 116 cm³/mol. The van der Waals surface area contributed by atoms with E-state index in [2.05, 4.69) is 15.5 Å². The van der Waals surface area contributed by atoms with Crippen molar-refractivity contribution in [3.05, 3.63) is 95.3 Å². The molecule has 6 nitrogen and oxygen atoms in total. The summed E-state index contributed by atoms with van der Waals surface area (Å²) in [5, 5.41) is 11.9. The minimum Gasteiger partial charge on any atom is -0.321 e. The van der Waals surface area contributed by atoms with Crippen molar-refractivity contribution in [2.75, 3.05) is 5.32 Å². The first-order valence-corrected chi connectivity index (χ1v) is 10.4. The number of rotatable bonds is 5. The number of anilines is 1. The molecule has 0 aliphatic heterocycles. The molecule has 1 amide bonds. The fourth-order valence-electron chi connectivity index (χ4n) is 4.10. The Labute approximate surface area is 179 Å². The van der Waals surface area contributed by atoms with E-state index in [-0.39, 0.29) is 11.7 Å². The molecular weight excluding hydrogens is 393 g/mol. The molecule has 0 saturated carbocycles. The number of amides is 1. The summed E-state index contributed by atoms with van der Waals surface area (Å²) in [6.45, 7) is 0.630. The number of carbonyl (C=O) groups excluding carboxylic acids is 1. The van der Waals surface area contributed by atoms with Gasteiger partial charge >= 0.3 is 0 Å². The molecular formula is C24H22FN5O. The number of aromatic nitrogens is 4. The normalized spacial score (nSPS) is 13.1. The summed E-state index contributed by atoms with van der Waals surface area (Å²) < 4.78 is 17.0. The van der Waals surface area contributed by atoms with E-state index in [1.165, 1.54) is 12.1 Å². The van der Waals surface area contributed by atoms with Gasteiger partial charge in [-0.25, -0.2) is 9.07 Å². The van der Waals surface area contributed by atoms with E-state index in [9.17, 15) is 9.18 Å². The second kappa shape index (κ2) is 8.18. The molecule has 0 saturated heterocycles. The highest BCUT2D eigenvalue weighted by molar-refractivity contribution is 6.04. The van der Waals surface area contributed by atoms with Gasteiger partial charge in [-0.15, -0.1) is 0 Å². The molecule has 2 aromatic carbocycles. The monoisotopic (exact) mass is 415 g/mol. The topological polar surface area (TPSA) is 64.7 Å². The molecule has 156 valence electrons. The van der Waals surface area contributed by atoms with Gasteiger partial charge in [-0.1, -0.05) is 12.1 Å². The summed E-state index contributed by atoms with van der Waals surface area (Å²) in [6.07, 6.45) is 7.40. The number of nitrogens with one attached hydrogen (secondary N) is 1. The lowest BCUT2D eigenvalue weighted by Crippen LogP contribution is -2.16. The number of fused-ring (bicyclic) bond motifs is 1. The van der Waals surface area contributed by atoms with Crippen LogP contribution in [0.25, 0.3) is 5.69 Å². The van der Waals surface area contributed by atoms with Gasteiger partial charge in [-0.05, 0) is 73.7 Å². The van der Waals surface area contributed by atoms with Crippen LogP contribution in [0.3, 0.4) is 0 Å². The van der Waals surface area contributed by atoms with Crippen molar-refractivity contribution in [3.8, 4) is 5.69 Å². The van der Waals surface area contributed by atoms with Gasteiger partial charge in [-0.3, -0.25) is 9.48 Å². The summed E-state index contributed by atoms with van der Waals surface area (Å²) in [5.74, 6) is -0.520. The maximum absolute atomic E-state index is 13.4. The Bertz CT molecular complexity index is 1210. The SMILES string of the molecule is O=C(Nc1cccc(Cn2cccn2)c1)c1nn(-c2ccc(F)cc2)c2c1CCCC2. The van der Waals surface area contributed by atoms with Gasteiger partial charge in [0, 0.05) is 29.3 Å². The lowest BCUT2D eigenvalue weighted by atomic mass is 9.95. The van der Waals surface area contributed by atoms with Crippen LogP contribution in [-0.2, 0) is 19.4 Å². The highest BCUT2D eigenvalue weighted by Gasteiger charge is 2.25. The zero-order chi connectivity index (χ0) is 21.2. The van der Waals surface area contributed by atoms with Crippen molar-refractivity contribution in [3.63, 3.8) is 0 Å². The second-order valence-corrected chi connectivity index (χ2v) is 7.73. The maximum Gasteiger partial charge on any atom is 0.276 e. The molecule has 0 spiro atoms. The van der Waals surface area contributed by atoms with Gasteiger partial charge in [0.05, 0.1) is 12.2 Å². The molecule has 0 unspecified atom stereocenters. The van der Waals surface area contributed by atoms with E-state index in [1.54, 1.807) is 23.0 Å². The van der Waals surface area contributed by atoms with Gasteiger partial charge in [0.1, 0.15) is 5.82 Å². The molecule has 2 aromatic heterocycles. The number of carbonyl (C=O) groups is 1. The van der Waals surface area contributed by atoms with Crippen LogP contribution >= 0.6 is 0 Å². The molecule has 1 aliphatic carbocycles. The number of hydrogen-bond donors (Lipinski definition) is 1. The zero-order valence-electron chi connectivity index (χ0n) is 17.0. The van der Waals surface area contributed by atoms with E-state index in [0.29, 0.717) is 12.2 Å². The van der Waals surface area contributed by atoms with Crippen LogP contribution in [0, 0.1) is 5.82 Å². The van der Waals surface area contributed by atoms with Gasteiger partial charge in [0.25, 0.3) is 5.91 Å². The highest BCUT2D eigenvalue weighted by atomic mass is 19.1. The molecule has 0 fully saturated rings. The third kappa shape index (κ3) is 3.99. The van der Waals surface area contributed by atoms with Crippen LogP contribution in [0.1, 0.15) is 40.2 Å². The minimum absolute atomic E-state index is 0.227. The van der Waals surface area contributed by atoms with E-state index in [1.807, 2.05) is 41.2 Å². The first-order valence-electron chi connectivity index (χ1n) is 10.4. The van der Waals surface area contributed by atoms with Crippen LogP contribution in [0.4, 0.5) is 10.1 Å². The third-order valence-corrected chi connectivity index (χ3v) is 5.56. The van der Waals surface area contributed by atoms with E-state index >= 15 is 0 Å². The van der Waals surface area contributed by atoms with Crippen molar-refractivity contribution < 1.29 is 9.18 Å². The smallest absolute Gasteiger partial charge is 0.276 e. The van der Waals surface area contributed by atoms with Crippen LogP contribution in [0.15, 0.2) is 67.0 Å². The molecule has 7 heteroatoms. The number of nitrogens with zero attached hydrogens (tertiary/aromatic N) is 4. The Kier molecular flexibility index (Phi) is 5.08. The van der Waals surface area contributed by atoms with E-state index in [4.69, 9.17) is 0 Å².